The predicted octanol–water partition coefficient (Wildman–Crippen LogP) is 3.21. The molecule has 0 fully saturated rings. The van der Waals surface area contributed by atoms with E-state index in [9.17, 15) is 9.59 Å². The minimum atomic E-state index is -0.396. The molecule has 150 valence electrons. The fourth-order valence-electron chi connectivity index (χ4n) is 2.62. The molecule has 0 bridgehead atoms. The molecule has 0 aliphatic rings. The summed E-state index contributed by atoms with van der Waals surface area (Å²) in [7, 11) is 1.57. The minimum absolute atomic E-state index is 0.0435. The Bertz CT molecular complexity index is 1020. The molecule has 0 aliphatic carbocycles. The molecule has 3 rings (SSSR count). The van der Waals surface area contributed by atoms with Gasteiger partial charge in [0.2, 0.25) is 5.91 Å². The molecule has 1 heterocycles. The Morgan fingerprint density at radius 1 is 1.10 bits per heavy atom. The van der Waals surface area contributed by atoms with E-state index in [0.717, 1.165) is 4.90 Å². The van der Waals surface area contributed by atoms with Crippen molar-refractivity contribution in [1.29, 1.82) is 0 Å². The normalized spacial score (nSPS) is 10.4. The molecular weight excluding hydrogens is 390 g/mol. The summed E-state index contributed by atoms with van der Waals surface area (Å²) < 4.78 is 6.50. The Labute approximate surface area is 172 Å². The van der Waals surface area contributed by atoms with Crippen LogP contribution in [-0.2, 0) is 11.3 Å². The van der Waals surface area contributed by atoms with Gasteiger partial charge in [0, 0.05) is 16.3 Å². The highest BCUT2D eigenvalue weighted by atomic mass is 32.2. The maximum Gasteiger partial charge on any atom is 0.278 e. The third-order valence-electron chi connectivity index (χ3n) is 4.19. The zero-order valence-corrected chi connectivity index (χ0v) is 17.1. The number of hydrogen-bond donors (Lipinski definition) is 2. The van der Waals surface area contributed by atoms with Crippen molar-refractivity contribution in [2.75, 3.05) is 24.0 Å². The van der Waals surface area contributed by atoms with Crippen LogP contribution in [-0.4, -0.2) is 40.2 Å². The van der Waals surface area contributed by atoms with Gasteiger partial charge >= 0.3 is 0 Å². The molecule has 0 atom stereocenters. The number of carbonyl (C=O) groups excluding carboxylic acids is 2. The lowest BCUT2D eigenvalue weighted by Crippen LogP contribution is -2.21. The summed E-state index contributed by atoms with van der Waals surface area (Å²) in [6.07, 6.45) is 1.97. The molecule has 2 N–H and O–H groups in total. The quantitative estimate of drug-likeness (QED) is 0.580. The molecule has 0 aliphatic heterocycles. The van der Waals surface area contributed by atoms with E-state index < -0.39 is 5.91 Å². The molecular formula is C20H21N5O3S. The van der Waals surface area contributed by atoms with Crippen LogP contribution in [0.4, 0.5) is 11.4 Å². The van der Waals surface area contributed by atoms with E-state index in [2.05, 4.69) is 20.9 Å². The number of methoxy groups -OCH3 is 1. The molecule has 0 saturated carbocycles. The first-order valence-corrected chi connectivity index (χ1v) is 10.0. The summed E-state index contributed by atoms with van der Waals surface area (Å²) in [6.45, 7) is 1.66. The number of benzene rings is 2. The first-order chi connectivity index (χ1) is 14.0. The van der Waals surface area contributed by atoms with Crippen LogP contribution in [0.15, 0.2) is 53.4 Å². The number of nitrogens with zero attached hydrogens (tertiary/aromatic N) is 3. The number of aromatic nitrogens is 3. The Morgan fingerprint density at radius 3 is 2.55 bits per heavy atom. The van der Waals surface area contributed by atoms with Gasteiger partial charge in [0.15, 0.2) is 5.69 Å². The van der Waals surface area contributed by atoms with Crippen LogP contribution < -0.4 is 15.4 Å². The number of amides is 2. The van der Waals surface area contributed by atoms with Crippen molar-refractivity contribution < 1.29 is 14.3 Å². The first-order valence-electron chi connectivity index (χ1n) is 8.79. The molecule has 29 heavy (non-hydrogen) atoms. The van der Waals surface area contributed by atoms with E-state index in [1.165, 1.54) is 4.68 Å². The standard InChI is InChI=1S/C20H21N5O3S/c1-13-19(20(27)22-14-7-9-16(28-2)10-8-14)23-24-25(13)12-18(26)21-15-5-4-6-17(11-15)29-3/h4-11H,12H2,1-3H3,(H,21,26)(H,22,27). The van der Waals surface area contributed by atoms with Crippen LogP contribution >= 0.6 is 11.8 Å². The fourth-order valence-corrected chi connectivity index (χ4v) is 3.08. The van der Waals surface area contributed by atoms with Crippen LogP contribution in [0, 0.1) is 6.92 Å². The van der Waals surface area contributed by atoms with Gasteiger partial charge < -0.3 is 15.4 Å². The SMILES string of the molecule is COc1ccc(NC(=O)c2nnn(CC(=O)Nc3cccc(SC)c3)c2C)cc1. The zero-order valence-electron chi connectivity index (χ0n) is 16.3. The lowest BCUT2D eigenvalue weighted by atomic mass is 10.2. The molecule has 2 amide bonds. The second kappa shape index (κ2) is 9.24. The van der Waals surface area contributed by atoms with Crippen molar-refractivity contribution in [2.24, 2.45) is 0 Å². The maximum atomic E-state index is 12.5. The summed E-state index contributed by atoms with van der Waals surface area (Å²) in [5.74, 6) is 0.0459. The minimum Gasteiger partial charge on any atom is -0.497 e. The summed E-state index contributed by atoms with van der Waals surface area (Å²) in [5.41, 5.74) is 1.98. The van der Waals surface area contributed by atoms with Gasteiger partial charge in [-0.05, 0) is 55.6 Å². The first kappa shape index (κ1) is 20.4. The number of hydrogen-bond acceptors (Lipinski definition) is 6. The van der Waals surface area contributed by atoms with Crippen LogP contribution in [0.5, 0.6) is 5.75 Å². The van der Waals surface area contributed by atoms with Gasteiger partial charge in [-0.2, -0.15) is 0 Å². The van der Waals surface area contributed by atoms with Gasteiger partial charge in [0.1, 0.15) is 12.3 Å². The van der Waals surface area contributed by atoms with Gasteiger partial charge in [0.05, 0.1) is 12.8 Å². The van der Waals surface area contributed by atoms with Gasteiger partial charge in [0.25, 0.3) is 5.91 Å². The number of ether oxygens (including phenoxy) is 1. The molecule has 0 radical (unpaired) electrons. The summed E-state index contributed by atoms with van der Waals surface area (Å²) in [6, 6.07) is 14.5. The average Bonchev–Trinajstić information content (AvgIpc) is 3.08. The van der Waals surface area contributed by atoms with Crippen molar-refractivity contribution >= 4 is 35.0 Å². The van der Waals surface area contributed by atoms with Gasteiger partial charge in [-0.1, -0.05) is 11.3 Å². The summed E-state index contributed by atoms with van der Waals surface area (Å²) in [5, 5.41) is 13.5. The Kier molecular flexibility index (Phi) is 6.50. The van der Waals surface area contributed by atoms with Crippen molar-refractivity contribution in [2.45, 2.75) is 18.4 Å². The second-order valence-electron chi connectivity index (χ2n) is 6.14. The smallest absolute Gasteiger partial charge is 0.278 e. The molecule has 0 saturated heterocycles. The number of anilines is 2. The highest BCUT2D eigenvalue weighted by Crippen LogP contribution is 2.19. The largest absolute Gasteiger partial charge is 0.497 e. The molecule has 1 aromatic heterocycles. The van der Waals surface area contributed by atoms with Gasteiger partial charge in [-0.3, -0.25) is 9.59 Å². The van der Waals surface area contributed by atoms with E-state index in [-0.39, 0.29) is 18.1 Å². The zero-order chi connectivity index (χ0) is 20.8. The maximum absolute atomic E-state index is 12.5. The van der Waals surface area contributed by atoms with Gasteiger partial charge in [-0.15, -0.1) is 16.9 Å². The average molecular weight is 411 g/mol. The monoisotopic (exact) mass is 411 g/mol. The number of carbonyl (C=O) groups is 2. The van der Waals surface area contributed by atoms with Crippen LogP contribution in [0.25, 0.3) is 0 Å². The number of rotatable bonds is 7. The summed E-state index contributed by atoms with van der Waals surface area (Å²) >= 11 is 1.60. The third-order valence-corrected chi connectivity index (χ3v) is 4.92. The van der Waals surface area contributed by atoms with Crippen molar-refractivity contribution in [3.8, 4) is 5.75 Å². The predicted molar refractivity (Wildman–Crippen MR) is 113 cm³/mol. The molecule has 3 aromatic rings. The van der Waals surface area contributed by atoms with E-state index >= 15 is 0 Å². The molecule has 0 unspecified atom stereocenters. The van der Waals surface area contributed by atoms with E-state index in [4.69, 9.17) is 4.74 Å². The van der Waals surface area contributed by atoms with E-state index in [1.807, 2.05) is 30.5 Å². The number of thioether (sulfide) groups is 1. The summed E-state index contributed by atoms with van der Waals surface area (Å²) in [4.78, 5) is 25.9. The lowest BCUT2D eigenvalue weighted by molar-refractivity contribution is -0.117. The van der Waals surface area contributed by atoms with Crippen LogP contribution in [0.3, 0.4) is 0 Å². The van der Waals surface area contributed by atoms with Crippen LogP contribution in [0.2, 0.25) is 0 Å². The van der Waals surface area contributed by atoms with Crippen molar-refractivity contribution in [3.05, 3.63) is 59.9 Å². The highest BCUT2D eigenvalue weighted by molar-refractivity contribution is 7.98. The van der Waals surface area contributed by atoms with Crippen molar-refractivity contribution in [1.82, 2.24) is 15.0 Å². The molecule has 0 spiro atoms. The Hall–Kier alpha value is -3.33. The van der Waals surface area contributed by atoms with Crippen LogP contribution in [0.1, 0.15) is 16.2 Å². The van der Waals surface area contributed by atoms with E-state index in [0.29, 0.717) is 22.8 Å². The topological polar surface area (TPSA) is 98.1 Å². The molecule has 8 nitrogen and oxygen atoms in total. The fraction of sp³-hybridized carbons (Fsp3) is 0.200. The Balaban J connectivity index is 1.64. The van der Waals surface area contributed by atoms with Gasteiger partial charge in [-0.25, -0.2) is 4.68 Å². The van der Waals surface area contributed by atoms with Crippen molar-refractivity contribution in [3.63, 3.8) is 0 Å². The Morgan fingerprint density at radius 2 is 1.86 bits per heavy atom. The molecule has 9 heteroatoms. The molecule has 2 aromatic carbocycles. The third kappa shape index (κ3) is 5.14. The second-order valence-corrected chi connectivity index (χ2v) is 7.02. The lowest BCUT2D eigenvalue weighted by Gasteiger charge is -2.08. The highest BCUT2D eigenvalue weighted by Gasteiger charge is 2.18. The number of nitrogens with one attached hydrogen (secondary N) is 2. The van der Waals surface area contributed by atoms with E-state index in [1.54, 1.807) is 50.1 Å².